The van der Waals surface area contributed by atoms with Crippen LogP contribution in [-0.2, 0) is 19.5 Å². The first-order valence-corrected chi connectivity index (χ1v) is 13.5. The van der Waals surface area contributed by atoms with Crippen molar-refractivity contribution in [1.82, 2.24) is 25.0 Å². The highest BCUT2D eigenvalue weighted by atomic mass is 19.1. The van der Waals surface area contributed by atoms with Crippen LogP contribution < -0.4 is 0 Å². The molecule has 4 aromatic rings. The molecule has 0 radical (unpaired) electrons. The summed E-state index contributed by atoms with van der Waals surface area (Å²) in [5, 5.41) is 18.9. The molecule has 2 aromatic carbocycles. The van der Waals surface area contributed by atoms with Gasteiger partial charge in [-0.2, -0.15) is 5.10 Å². The van der Waals surface area contributed by atoms with Gasteiger partial charge in [0.05, 0.1) is 17.8 Å². The van der Waals surface area contributed by atoms with Crippen molar-refractivity contribution in [1.29, 1.82) is 0 Å². The van der Waals surface area contributed by atoms with Crippen molar-refractivity contribution in [2.24, 2.45) is 5.41 Å². The van der Waals surface area contributed by atoms with Gasteiger partial charge in [0.2, 0.25) is 0 Å². The summed E-state index contributed by atoms with van der Waals surface area (Å²) >= 11 is 0. The number of alkyl halides is 1. The van der Waals surface area contributed by atoms with Gasteiger partial charge in [-0.1, -0.05) is 30.3 Å². The molecule has 2 aliphatic heterocycles. The van der Waals surface area contributed by atoms with Gasteiger partial charge in [0.15, 0.2) is 0 Å². The lowest BCUT2D eigenvalue weighted by Crippen LogP contribution is -2.63. The molecule has 7 rings (SSSR count). The van der Waals surface area contributed by atoms with E-state index in [1.165, 1.54) is 33.1 Å². The van der Waals surface area contributed by atoms with Crippen molar-refractivity contribution in [3.05, 3.63) is 65.5 Å². The Morgan fingerprint density at radius 3 is 2.68 bits per heavy atom. The molecular weight excluding hydrogens is 465 g/mol. The van der Waals surface area contributed by atoms with E-state index in [0.29, 0.717) is 18.0 Å². The maximum atomic E-state index is 13.9. The van der Waals surface area contributed by atoms with E-state index in [9.17, 15) is 9.50 Å². The van der Waals surface area contributed by atoms with Gasteiger partial charge < -0.3 is 10.1 Å². The van der Waals surface area contributed by atoms with E-state index in [0.717, 1.165) is 51.0 Å². The molecule has 1 atom stereocenters. The Bertz CT molecular complexity index is 1390. The number of benzene rings is 2. The van der Waals surface area contributed by atoms with Gasteiger partial charge in [0.1, 0.15) is 5.67 Å². The third kappa shape index (κ3) is 5.05. The molecule has 37 heavy (non-hydrogen) atoms. The number of aliphatic hydroxyl groups excluding tert-OH is 1. The molecule has 3 N–H and O–H groups in total. The molecular formula is C30H38FN5O. The summed E-state index contributed by atoms with van der Waals surface area (Å²) in [6.07, 6.45) is 4.82. The van der Waals surface area contributed by atoms with E-state index in [4.69, 9.17) is 0 Å². The number of hydrogen-bond donors (Lipinski definition) is 3. The van der Waals surface area contributed by atoms with Gasteiger partial charge in [0.25, 0.3) is 0 Å². The Morgan fingerprint density at radius 2 is 1.92 bits per heavy atom. The van der Waals surface area contributed by atoms with Crippen molar-refractivity contribution in [2.45, 2.75) is 70.9 Å². The lowest BCUT2D eigenvalue weighted by molar-refractivity contribution is -0.131. The van der Waals surface area contributed by atoms with Crippen LogP contribution >= 0.6 is 0 Å². The van der Waals surface area contributed by atoms with Gasteiger partial charge in [0, 0.05) is 66.2 Å². The molecule has 1 saturated carbocycles. The van der Waals surface area contributed by atoms with Crippen molar-refractivity contribution in [3.63, 3.8) is 0 Å². The van der Waals surface area contributed by atoms with Crippen LogP contribution in [0.1, 0.15) is 50.4 Å². The second-order valence-corrected chi connectivity index (χ2v) is 12.3. The summed E-state index contributed by atoms with van der Waals surface area (Å²) in [7, 11) is 0. The van der Waals surface area contributed by atoms with E-state index < -0.39 is 5.67 Å². The number of aliphatic hydroxyl groups is 1. The minimum absolute atomic E-state index is 0.0338. The molecule has 2 aromatic heterocycles. The summed E-state index contributed by atoms with van der Waals surface area (Å²) in [6, 6.07) is 15.3. The molecule has 1 spiro atoms. The Morgan fingerprint density at radius 1 is 1.14 bits per heavy atom. The van der Waals surface area contributed by atoms with E-state index in [1.807, 2.05) is 6.20 Å². The Balaban J connectivity index is 0.000000136. The monoisotopic (exact) mass is 503 g/mol. The highest BCUT2D eigenvalue weighted by molar-refractivity contribution is 5.85. The van der Waals surface area contributed by atoms with Crippen LogP contribution in [0.3, 0.4) is 0 Å². The zero-order valence-corrected chi connectivity index (χ0v) is 22.1. The Kier molecular flexibility index (Phi) is 6.13. The van der Waals surface area contributed by atoms with Crippen LogP contribution in [0.25, 0.3) is 21.8 Å². The number of H-pyrrole nitrogens is 2. The van der Waals surface area contributed by atoms with Crippen LogP contribution in [-0.4, -0.2) is 67.5 Å². The fourth-order valence-corrected chi connectivity index (χ4v) is 6.66. The van der Waals surface area contributed by atoms with Gasteiger partial charge >= 0.3 is 0 Å². The van der Waals surface area contributed by atoms with E-state index >= 15 is 0 Å². The number of aromatic nitrogens is 3. The summed E-state index contributed by atoms with van der Waals surface area (Å²) in [5.74, 6) is 0. The van der Waals surface area contributed by atoms with Gasteiger partial charge in [-0.05, 0) is 63.3 Å². The number of nitrogens with zero attached hydrogens (tertiary/aromatic N) is 3. The molecule has 2 fully saturated rings. The lowest BCUT2D eigenvalue weighted by Gasteiger charge is -2.58. The zero-order valence-electron chi connectivity index (χ0n) is 22.1. The van der Waals surface area contributed by atoms with E-state index in [1.54, 1.807) is 13.8 Å². The van der Waals surface area contributed by atoms with Crippen LogP contribution in [0, 0.1) is 5.41 Å². The topological polar surface area (TPSA) is 71.2 Å². The first-order valence-electron chi connectivity index (χ1n) is 13.5. The first kappa shape index (κ1) is 24.6. The smallest absolute Gasteiger partial charge is 0.118 e. The fraction of sp³-hybridized carbons (Fsp3) is 0.500. The number of hydrogen-bond acceptors (Lipinski definition) is 4. The second-order valence-electron chi connectivity index (χ2n) is 12.3. The molecule has 1 saturated heterocycles. The molecule has 0 bridgehead atoms. The summed E-state index contributed by atoms with van der Waals surface area (Å²) in [5.41, 5.74) is 5.62. The Hall–Kier alpha value is -2.74. The van der Waals surface area contributed by atoms with E-state index in [2.05, 4.69) is 74.4 Å². The summed E-state index contributed by atoms with van der Waals surface area (Å²) < 4.78 is 13.9. The SMILES string of the molecule is CC1Cc2c([nH]c3ccccc23)CN1CC(C)(C)F.OC1CC2(C1)CN(Cc1ccc3cn[nH]c3c1)C2. The number of likely N-dealkylation sites (tertiary alicyclic amines) is 1. The largest absolute Gasteiger partial charge is 0.393 e. The molecule has 3 aliphatic rings. The number of rotatable bonds is 4. The van der Waals surface area contributed by atoms with Crippen LogP contribution in [0.15, 0.2) is 48.7 Å². The highest BCUT2D eigenvalue weighted by Crippen LogP contribution is 2.48. The van der Waals surface area contributed by atoms with Gasteiger partial charge in [-0.3, -0.25) is 14.9 Å². The molecule has 7 heteroatoms. The maximum absolute atomic E-state index is 13.9. The number of para-hydroxylation sites is 1. The average molecular weight is 504 g/mol. The molecule has 1 aliphatic carbocycles. The number of fused-ring (bicyclic) bond motifs is 4. The molecule has 196 valence electrons. The van der Waals surface area contributed by atoms with Gasteiger partial charge in [-0.25, -0.2) is 4.39 Å². The number of nitrogens with one attached hydrogen (secondary N) is 2. The minimum atomic E-state index is -1.14. The first-order chi connectivity index (χ1) is 17.7. The van der Waals surface area contributed by atoms with Gasteiger partial charge in [-0.15, -0.1) is 0 Å². The maximum Gasteiger partial charge on any atom is 0.118 e. The third-order valence-electron chi connectivity index (χ3n) is 8.33. The van der Waals surface area contributed by atoms with Crippen molar-refractivity contribution >= 4 is 21.8 Å². The molecule has 6 nitrogen and oxygen atoms in total. The van der Waals surface area contributed by atoms with Crippen molar-refractivity contribution < 1.29 is 9.50 Å². The predicted octanol–water partition coefficient (Wildman–Crippen LogP) is 5.18. The summed E-state index contributed by atoms with van der Waals surface area (Å²) in [4.78, 5) is 8.18. The average Bonchev–Trinajstić information content (AvgIpc) is 3.40. The predicted molar refractivity (Wildman–Crippen MR) is 146 cm³/mol. The zero-order chi connectivity index (χ0) is 25.8. The molecule has 0 amide bonds. The standard InChI is InChI=1S/C16H21FN2.C14H17N3O/c1-11-8-13-12-6-4-5-7-14(12)18-15(13)9-19(11)10-16(2,3)17;18-12-4-14(5-12)8-17(9-14)7-10-1-2-11-6-15-16-13(11)3-10/h4-7,11,18H,8-10H2,1-3H3;1-3,6,12,18H,4-5,7-9H2,(H,15,16). The van der Waals surface area contributed by atoms with Crippen molar-refractivity contribution in [3.8, 4) is 0 Å². The molecule has 4 heterocycles. The minimum Gasteiger partial charge on any atom is -0.393 e. The van der Waals surface area contributed by atoms with E-state index in [-0.39, 0.29) is 6.10 Å². The Labute approximate surface area is 217 Å². The molecule has 1 unspecified atom stereocenters. The normalized spacial score (nSPS) is 21.9. The van der Waals surface area contributed by atoms with Crippen LogP contribution in [0.5, 0.6) is 0 Å². The van der Waals surface area contributed by atoms with Crippen LogP contribution in [0.2, 0.25) is 0 Å². The number of halogens is 1. The quantitative estimate of drug-likeness (QED) is 0.359. The number of aromatic amines is 2. The lowest BCUT2D eigenvalue weighted by atomic mass is 9.62. The fourth-order valence-electron chi connectivity index (χ4n) is 6.66. The highest BCUT2D eigenvalue weighted by Gasteiger charge is 2.51. The third-order valence-corrected chi connectivity index (χ3v) is 8.33. The summed E-state index contributed by atoms with van der Waals surface area (Å²) in [6.45, 7) is 10.1. The van der Waals surface area contributed by atoms with Crippen LogP contribution in [0.4, 0.5) is 4.39 Å². The second kappa shape index (κ2) is 9.22. The van der Waals surface area contributed by atoms with Crippen molar-refractivity contribution in [2.75, 3.05) is 19.6 Å².